The van der Waals surface area contributed by atoms with Gasteiger partial charge in [-0.15, -0.1) is 0 Å². The van der Waals surface area contributed by atoms with Crippen molar-refractivity contribution in [3.05, 3.63) is 64.2 Å². The van der Waals surface area contributed by atoms with Gasteiger partial charge in [-0.1, -0.05) is 35.9 Å². The lowest BCUT2D eigenvalue weighted by molar-refractivity contribution is 0.101. The van der Waals surface area contributed by atoms with Crippen LogP contribution in [0.25, 0.3) is 0 Å². The number of hydrogen-bond acceptors (Lipinski definition) is 3. The second kappa shape index (κ2) is 6.00. The van der Waals surface area contributed by atoms with Gasteiger partial charge in [-0.2, -0.15) is 0 Å². The number of ketones is 1. The Morgan fingerprint density at radius 1 is 1.14 bits per heavy atom. The molecule has 0 atom stereocenters. The number of halogens is 1. The maximum Gasteiger partial charge on any atom is 0.175 e. The summed E-state index contributed by atoms with van der Waals surface area (Å²) in [5, 5.41) is 0.408. The van der Waals surface area contributed by atoms with E-state index in [2.05, 4.69) is 0 Å². The summed E-state index contributed by atoms with van der Waals surface area (Å²) in [4.78, 5) is 11.6. The summed E-state index contributed by atoms with van der Waals surface area (Å²) in [5.41, 5.74) is 2.43. The molecule has 5 heteroatoms. The van der Waals surface area contributed by atoms with E-state index in [0.29, 0.717) is 17.0 Å². The summed E-state index contributed by atoms with van der Waals surface area (Å²) in [6.07, 6.45) is 1.69. The Morgan fingerprint density at radius 3 is 2.43 bits per heavy atom. The third-order valence-corrected chi connectivity index (χ3v) is 4.64. The lowest BCUT2D eigenvalue weighted by Crippen LogP contribution is -1.99. The van der Waals surface area contributed by atoms with Crippen LogP contribution in [-0.2, 0) is 16.3 Å². The smallest absolute Gasteiger partial charge is 0.175 e. The highest BCUT2D eigenvalue weighted by Crippen LogP contribution is 2.23. The fourth-order valence-electron chi connectivity index (χ4n) is 2.02. The van der Waals surface area contributed by atoms with Gasteiger partial charge in [0.15, 0.2) is 15.6 Å². The van der Waals surface area contributed by atoms with E-state index in [9.17, 15) is 13.2 Å². The first-order valence-corrected chi connectivity index (χ1v) is 8.62. The molecule has 3 nitrogen and oxygen atoms in total. The Kier molecular flexibility index (Phi) is 4.49. The molecule has 0 aliphatic carbocycles. The van der Waals surface area contributed by atoms with Crippen LogP contribution in [0, 0.1) is 0 Å². The van der Waals surface area contributed by atoms with Crippen molar-refractivity contribution >= 4 is 27.2 Å². The van der Waals surface area contributed by atoms with E-state index in [0.717, 1.165) is 17.4 Å². The number of carbonyl (C=O) groups excluding carboxylic acids is 1. The minimum Gasteiger partial charge on any atom is -0.295 e. The summed E-state index contributed by atoms with van der Waals surface area (Å²) in [5.74, 6) is 0.00960. The number of rotatable bonds is 4. The third-order valence-electron chi connectivity index (χ3n) is 3.18. The van der Waals surface area contributed by atoms with Gasteiger partial charge in [-0.05, 0) is 42.7 Å². The van der Waals surface area contributed by atoms with E-state index in [1.165, 1.54) is 13.0 Å². The Bertz CT molecular complexity index is 795. The molecule has 0 spiro atoms. The molecule has 0 bridgehead atoms. The van der Waals surface area contributed by atoms with Crippen LogP contribution in [0.2, 0.25) is 5.02 Å². The summed E-state index contributed by atoms with van der Waals surface area (Å²) < 4.78 is 23.0. The minimum absolute atomic E-state index is 0.00960. The minimum atomic E-state index is -3.26. The van der Waals surface area contributed by atoms with Gasteiger partial charge in [0.05, 0.1) is 4.90 Å². The van der Waals surface area contributed by atoms with Crippen molar-refractivity contribution in [2.75, 3.05) is 6.26 Å². The molecule has 0 unspecified atom stereocenters. The average Bonchev–Trinajstić information content (AvgIpc) is 2.40. The van der Waals surface area contributed by atoms with Gasteiger partial charge in [-0.25, -0.2) is 8.42 Å². The summed E-state index contributed by atoms with van der Waals surface area (Å²) in [7, 11) is -3.26. The first-order valence-electron chi connectivity index (χ1n) is 6.36. The van der Waals surface area contributed by atoms with Crippen molar-refractivity contribution in [3.63, 3.8) is 0 Å². The van der Waals surface area contributed by atoms with E-state index >= 15 is 0 Å². The molecule has 0 radical (unpaired) electrons. The van der Waals surface area contributed by atoms with Crippen LogP contribution in [0.4, 0.5) is 0 Å². The highest BCUT2D eigenvalue weighted by atomic mass is 35.5. The zero-order chi connectivity index (χ0) is 15.6. The number of carbonyl (C=O) groups is 1. The first-order chi connectivity index (χ1) is 9.77. The Morgan fingerprint density at radius 2 is 1.86 bits per heavy atom. The van der Waals surface area contributed by atoms with E-state index in [1.54, 1.807) is 18.2 Å². The van der Waals surface area contributed by atoms with Gasteiger partial charge in [0.2, 0.25) is 0 Å². The van der Waals surface area contributed by atoms with Gasteiger partial charge >= 0.3 is 0 Å². The molecule has 0 N–H and O–H groups in total. The van der Waals surface area contributed by atoms with Crippen molar-refractivity contribution in [1.82, 2.24) is 0 Å². The van der Waals surface area contributed by atoms with E-state index in [4.69, 9.17) is 11.6 Å². The van der Waals surface area contributed by atoms with Crippen LogP contribution < -0.4 is 0 Å². The lowest BCUT2D eigenvalue weighted by Gasteiger charge is -2.07. The summed E-state index contributed by atoms with van der Waals surface area (Å²) in [6, 6.07) is 12.0. The monoisotopic (exact) mass is 322 g/mol. The molecule has 21 heavy (non-hydrogen) atoms. The summed E-state index contributed by atoms with van der Waals surface area (Å²) in [6.45, 7) is 1.52. The Balaban J connectivity index is 2.32. The quantitative estimate of drug-likeness (QED) is 0.809. The molecule has 110 valence electrons. The molecule has 0 aliphatic heterocycles. The standard InChI is InChI=1S/C16H15ClO3S/c1-11(18)13-5-3-4-12(8-13)9-14-6-7-15(10-16(14)17)21(2,19)20/h3-8,10H,9H2,1-2H3. The molecular weight excluding hydrogens is 308 g/mol. The van der Waals surface area contributed by atoms with Crippen LogP contribution in [0.1, 0.15) is 28.4 Å². The molecule has 0 aliphatic rings. The molecule has 0 aromatic heterocycles. The molecule has 2 aromatic rings. The van der Waals surface area contributed by atoms with Crippen molar-refractivity contribution in [1.29, 1.82) is 0 Å². The second-order valence-electron chi connectivity index (χ2n) is 4.96. The van der Waals surface area contributed by atoms with Crippen molar-refractivity contribution < 1.29 is 13.2 Å². The fourth-order valence-corrected chi connectivity index (χ4v) is 2.98. The van der Waals surface area contributed by atoms with Crippen LogP contribution >= 0.6 is 11.6 Å². The van der Waals surface area contributed by atoms with Gasteiger partial charge in [0.25, 0.3) is 0 Å². The maximum atomic E-state index is 11.5. The second-order valence-corrected chi connectivity index (χ2v) is 7.38. The Hall–Kier alpha value is -1.65. The number of hydrogen-bond donors (Lipinski definition) is 0. The van der Waals surface area contributed by atoms with Gasteiger partial charge < -0.3 is 0 Å². The average molecular weight is 323 g/mol. The molecule has 2 rings (SSSR count). The van der Waals surface area contributed by atoms with E-state index in [-0.39, 0.29) is 10.7 Å². The molecule has 0 saturated heterocycles. The number of sulfone groups is 1. The van der Waals surface area contributed by atoms with Gasteiger partial charge in [-0.3, -0.25) is 4.79 Å². The predicted molar refractivity (Wildman–Crippen MR) is 83.8 cm³/mol. The van der Waals surface area contributed by atoms with Crippen LogP contribution in [0.5, 0.6) is 0 Å². The predicted octanol–water partition coefficient (Wildman–Crippen LogP) is 3.54. The maximum absolute atomic E-state index is 11.5. The molecular formula is C16H15ClO3S. The SMILES string of the molecule is CC(=O)c1cccc(Cc2ccc(S(C)(=O)=O)cc2Cl)c1. The zero-order valence-corrected chi connectivity index (χ0v) is 13.3. The summed E-state index contributed by atoms with van der Waals surface area (Å²) >= 11 is 6.16. The topological polar surface area (TPSA) is 51.2 Å². The molecule has 0 heterocycles. The first kappa shape index (κ1) is 15.7. The number of Topliss-reactive ketones (excluding diaryl/α,β-unsaturated/α-hetero) is 1. The van der Waals surface area contributed by atoms with Gasteiger partial charge in [0.1, 0.15) is 0 Å². The van der Waals surface area contributed by atoms with Crippen LogP contribution in [0.15, 0.2) is 47.4 Å². The lowest BCUT2D eigenvalue weighted by atomic mass is 10.0. The molecule has 0 fully saturated rings. The molecule has 0 saturated carbocycles. The zero-order valence-electron chi connectivity index (χ0n) is 11.8. The number of benzene rings is 2. The van der Waals surface area contributed by atoms with Crippen molar-refractivity contribution in [2.24, 2.45) is 0 Å². The highest BCUT2D eigenvalue weighted by molar-refractivity contribution is 7.90. The largest absolute Gasteiger partial charge is 0.295 e. The van der Waals surface area contributed by atoms with Crippen molar-refractivity contribution in [3.8, 4) is 0 Å². The van der Waals surface area contributed by atoms with Crippen molar-refractivity contribution in [2.45, 2.75) is 18.2 Å². The highest BCUT2D eigenvalue weighted by Gasteiger charge is 2.10. The van der Waals surface area contributed by atoms with E-state index < -0.39 is 9.84 Å². The van der Waals surface area contributed by atoms with Crippen LogP contribution in [0.3, 0.4) is 0 Å². The third kappa shape index (κ3) is 3.93. The van der Waals surface area contributed by atoms with Crippen LogP contribution in [-0.4, -0.2) is 20.5 Å². The Labute approximate surface area is 129 Å². The normalized spacial score (nSPS) is 11.4. The molecule has 0 amide bonds. The van der Waals surface area contributed by atoms with E-state index in [1.807, 2.05) is 18.2 Å². The molecule has 2 aromatic carbocycles. The fraction of sp³-hybridized carbons (Fsp3) is 0.188. The van der Waals surface area contributed by atoms with Gasteiger partial charge in [0, 0.05) is 16.8 Å².